The monoisotopic (exact) mass is 181 g/mol. The maximum atomic E-state index is 5.50. The van der Waals surface area contributed by atoms with Crippen molar-refractivity contribution in [1.29, 1.82) is 0 Å². The standard InChI is InChI=1S/C10H15NO2/c1-12-9-4-3-5-10(13-2)8(9)6-7-11/h3-5H,6-7,11H2,1-2H3. The van der Waals surface area contributed by atoms with Gasteiger partial charge in [0.1, 0.15) is 11.5 Å². The molecule has 0 radical (unpaired) electrons. The van der Waals surface area contributed by atoms with Crippen LogP contribution >= 0.6 is 0 Å². The van der Waals surface area contributed by atoms with Crippen LogP contribution in [0.15, 0.2) is 18.2 Å². The van der Waals surface area contributed by atoms with Crippen molar-refractivity contribution in [2.75, 3.05) is 20.8 Å². The van der Waals surface area contributed by atoms with Crippen LogP contribution in [0.4, 0.5) is 0 Å². The Morgan fingerprint density at radius 3 is 2.08 bits per heavy atom. The second-order valence-corrected chi connectivity index (χ2v) is 2.68. The van der Waals surface area contributed by atoms with Crippen molar-refractivity contribution in [1.82, 2.24) is 0 Å². The number of nitrogens with two attached hydrogens (primary N) is 1. The number of ether oxygens (including phenoxy) is 2. The zero-order valence-corrected chi connectivity index (χ0v) is 8.04. The van der Waals surface area contributed by atoms with Crippen LogP contribution < -0.4 is 15.2 Å². The normalized spacial score (nSPS) is 9.77. The summed E-state index contributed by atoms with van der Waals surface area (Å²) in [5.74, 6) is 1.68. The summed E-state index contributed by atoms with van der Waals surface area (Å²) in [6.07, 6.45) is 0.771. The average molecular weight is 181 g/mol. The van der Waals surface area contributed by atoms with E-state index >= 15 is 0 Å². The number of benzene rings is 1. The van der Waals surface area contributed by atoms with Crippen LogP contribution in [0.1, 0.15) is 5.56 Å². The molecule has 0 spiro atoms. The molecule has 0 aromatic heterocycles. The van der Waals surface area contributed by atoms with Crippen LogP contribution in [0.3, 0.4) is 0 Å². The lowest BCUT2D eigenvalue weighted by atomic mass is 10.1. The Balaban J connectivity index is 3.05. The Kier molecular flexibility index (Phi) is 3.58. The molecule has 0 heterocycles. The van der Waals surface area contributed by atoms with Crippen molar-refractivity contribution < 1.29 is 9.47 Å². The predicted octanol–water partition coefficient (Wildman–Crippen LogP) is 1.20. The zero-order valence-electron chi connectivity index (χ0n) is 8.04. The van der Waals surface area contributed by atoms with Crippen molar-refractivity contribution >= 4 is 0 Å². The first kappa shape index (κ1) is 9.86. The van der Waals surface area contributed by atoms with Gasteiger partial charge in [0.05, 0.1) is 14.2 Å². The lowest BCUT2D eigenvalue weighted by molar-refractivity contribution is 0.385. The molecule has 0 atom stereocenters. The molecule has 0 aliphatic rings. The molecular formula is C10H15NO2. The number of methoxy groups -OCH3 is 2. The first-order chi connectivity index (χ1) is 6.33. The summed E-state index contributed by atoms with van der Waals surface area (Å²) < 4.78 is 10.4. The van der Waals surface area contributed by atoms with Gasteiger partial charge >= 0.3 is 0 Å². The van der Waals surface area contributed by atoms with Crippen LogP contribution in [0.5, 0.6) is 11.5 Å². The molecule has 0 saturated heterocycles. The van der Waals surface area contributed by atoms with Crippen molar-refractivity contribution in [3.05, 3.63) is 23.8 Å². The summed E-state index contributed by atoms with van der Waals surface area (Å²) in [7, 11) is 3.30. The maximum absolute atomic E-state index is 5.50. The van der Waals surface area contributed by atoms with Gasteiger partial charge in [-0.1, -0.05) is 6.07 Å². The first-order valence-corrected chi connectivity index (χ1v) is 4.23. The molecule has 3 nitrogen and oxygen atoms in total. The van der Waals surface area contributed by atoms with E-state index in [-0.39, 0.29) is 0 Å². The highest BCUT2D eigenvalue weighted by Crippen LogP contribution is 2.27. The lowest BCUT2D eigenvalue weighted by Gasteiger charge is -2.11. The number of hydrogen-bond acceptors (Lipinski definition) is 3. The molecule has 0 bridgehead atoms. The van der Waals surface area contributed by atoms with Crippen molar-refractivity contribution in [3.8, 4) is 11.5 Å². The Morgan fingerprint density at radius 2 is 1.69 bits per heavy atom. The second kappa shape index (κ2) is 4.72. The summed E-state index contributed by atoms with van der Waals surface area (Å²) in [4.78, 5) is 0. The summed E-state index contributed by atoms with van der Waals surface area (Å²) in [6.45, 7) is 0.594. The third-order valence-corrected chi connectivity index (χ3v) is 1.92. The number of hydrogen-bond donors (Lipinski definition) is 1. The van der Waals surface area contributed by atoms with Crippen LogP contribution in [-0.2, 0) is 6.42 Å². The Morgan fingerprint density at radius 1 is 1.15 bits per heavy atom. The maximum Gasteiger partial charge on any atom is 0.125 e. The fraction of sp³-hybridized carbons (Fsp3) is 0.400. The number of rotatable bonds is 4. The van der Waals surface area contributed by atoms with E-state index in [0.29, 0.717) is 6.54 Å². The largest absolute Gasteiger partial charge is 0.496 e. The van der Waals surface area contributed by atoms with Gasteiger partial charge in [0.2, 0.25) is 0 Å². The molecule has 1 aromatic carbocycles. The fourth-order valence-corrected chi connectivity index (χ4v) is 1.32. The molecule has 0 amide bonds. The highest BCUT2D eigenvalue weighted by atomic mass is 16.5. The van der Waals surface area contributed by atoms with E-state index in [1.807, 2.05) is 18.2 Å². The first-order valence-electron chi connectivity index (χ1n) is 4.23. The molecule has 72 valence electrons. The SMILES string of the molecule is COc1cccc(OC)c1CCN. The van der Waals surface area contributed by atoms with Crippen molar-refractivity contribution in [2.24, 2.45) is 5.73 Å². The van der Waals surface area contributed by atoms with Gasteiger partial charge in [-0.25, -0.2) is 0 Å². The van der Waals surface area contributed by atoms with Gasteiger partial charge in [0.15, 0.2) is 0 Å². The molecular weight excluding hydrogens is 166 g/mol. The van der Waals surface area contributed by atoms with Gasteiger partial charge in [-0.3, -0.25) is 0 Å². The molecule has 13 heavy (non-hydrogen) atoms. The lowest BCUT2D eigenvalue weighted by Crippen LogP contribution is -2.05. The van der Waals surface area contributed by atoms with E-state index in [2.05, 4.69) is 0 Å². The van der Waals surface area contributed by atoms with Crippen LogP contribution in [0.25, 0.3) is 0 Å². The topological polar surface area (TPSA) is 44.5 Å². The molecule has 1 aromatic rings. The van der Waals surface area contributed by atoms with Crippen molar-refractivity contribution in [2.45, 2.75) is 6.42 Å². The minimum absolute atomic E-state index is 0.594. The van der Waals surface area contributed by atoms with Gasteiger partial charge < -0.3 is 15.2 Å². The fourth-order valence-electron chi connectivity index (χ4n) is 1.32. The quantitative estimate of drug-likeness (QED) is 0.759. The van der Waals surface area contributed by atoms with Crippen LogP contribution in [0.2, 0.25) is 0 Å². The van der Waals surface area contributed by atoms with E-state index < -0.39 is 0 Å². The predicted molar refractivity (Wildman–Crippen MR) is 52.3 cm³/mol. The van der Waals surface area contributed by atoms with Gasteiger partial charge in [0.25, 0.3) is 0 Å². The minimum atomic E-state index is 0.594. The van der Waals surface area contributed by atoms with Gasteiger partial charge in [0, 0.05) is 5.56 Å². The highest BCUT2D eigenvalue weighted by Gasteiger charge is 2.07. The van der Waals surface area contributed by atoms with E-state index in [9.17, 15) is 0 Å². The van der Waals surface area contributed by atoms with E-state index in [0.717, 1.165) is 23.5 Å². The average Bonchev–Trinajstić information content (AvgIpc) is 2.18. The van der Waals surface area contributed by atoms with Crippen molar-refractivity contribution in [3.63, 3.8) is 0 Å². The van der Waals surface area contributed by atoms with E-state index in [1.54, 1.807) is 14.2 Å². The Bertz CT molecular complexity index is 251. The van der Waals surface area contributed by atoms with Gasteiger partial charge in [-0.15, -0.1) is 0 Å². The Hall–Kier alpha value is -1.22. The molecule has 2 N–H and O–H groups in total. The minimum Gasteiger partial charge on any atom is -0.496 e. The molecule has 3 heteroatoms. The molecule has 0 saturated carbocycles. The smallest absolute Gasteiger partial charge is 0.125 e. The summed E-state index contributed by atoms with van der Waals surface area (Å²) in [5, 5.41) is 0. The van der Waals surface area contributed by atoms with Gasteiger partial charge in [-0.2, -0.15) is 0 Å². The molecule has 0 fully saturated rings. The summed E-state index contributed by atoms with van der Waals surface area (Å²) in [6, 6.07) is 5.72. The third kappa shape index (κ3) is 2.12. The van der Waals surface area contributed by atoms with E-state index in [1.165, 1.54) is 0 Å². The summed E-state index contributed by atoms with van der Waals surface area (Å²) in [5.41, 5.74) is 6.53. The second-order valence-electron chi connectivity index (χ2n) is 2.68. The summed E-state index contributed by atoms with van der Waals surface area (Å²) >= 11 is 0. The molecule has 0 aliphatic carbocycles. The molecule has 0 aliphatic heterocycles. The third-order valence-electron chi connectivity index (χ3n) is 1.92. The Labute approximate surface area is 78.5 Å². The highest BCUT2D eigenvalue weighted by molar-refractivity contribution is 5.44. The van der Waals surface area contributed by atoms with Crippen LogP contribution in [-0.4, -0.2) is 20.8 Å². The molecule has 0 unspecified atom stereocenters. The molecule has 1 rings (SSSR count). The zero-order chi connectivity index (χ0) is 9.68. The van der Waals surface area contributed by atoms with Gasteiger partial charge in [-0.05, 0) is 25.1 Å². The van der Waals surface area contributed by atoms with E-state index in [4.69, 9.17) is 15.2 Å². The van der Waals surface area contributed by atoms with Crippen LogP contribution in [0, 0.1) is 0 Å².